The van der Waals surface area contributed by atoms with Crippen LogP contribution in [0.1, 0.15) is 29.8 Å². The molecular weight excluding hydrogens is 491 g/mol. The van der Waals surface area contributed by atoms with Crippen molar-refractivity contribution < 1.29 is 18.7 Å². The number of amides is 2. The Hall–Kier alpha value is -4.98. The number of nitrogens with zero attached hydrogens (tertiary/aromatic N) is 4. The summed E-state index contributed by atoms with van der Waals surface area (Å²) in [5, 5.41) is 11.8. The number of ether oxygens (including phenoxy) is 1. The molecule has 0 bridgehead atoms. The molecule has 2 aromatic heterocycles. The van der Waals surface area contributed by atoms with E-state index >= 15 is 0 Å². The van der Waals surface area contributed by atoms with E-state index in [1.807, 2.05) is 13.8 Å². The zero-order chi connectivity index (χ0) is 27.4. The summed E-state index contributed by atoms with van der Waals surface area (Å²) in [6, 6.07) is 11.8. The van der Waals surface area contributed by atoms with E-state index in [9.17, 15) is 18.8 Å². The number of piperazine rings is 1. The van der Waals surface area contributed by atoms with Crippen LogP contribution in [0.5, 0.6) is 11.5 Å². The fraction of sp³-hybridized carbons (Fsp3) is 0.222. The molecule has 3 aromatic rings. The summed E-state index contributed by atoms with van der Waals surface area (Å²) in [6.45, 7) is 8.64. The number of aromatic amines is 1. The zero-order valence-electron chi connectivity index (χ0n) is 20.8. The van der Waals surface area contributed by atoms with Crippen LogP contribution in [0.2, 0.25) is 0 Å². The summed E-state index contributed by atoms with van der Waals surface area (Å²) in [4.78, 5) is 47.7. The minimum absolute atomic E-state index is 0.138. The van der Waals surface area contributed by atoms with E-state index in [2.05, 4.69) is 21.9 Å². The minimum Gasteiger partial charge on any atom is -0.456 e. The molecule has 3 heterocycles. The number of anilines is 1. The van der Waals surface area contributed by atoms with E-state index in [-0.39, 0.29) is 28.5 Å². The van der Waals surface area contributed by atoms with E-state index in [0.29, 0.717) is 37.0 Å². The second-order valence-corrected chi connectivity index (χ2v) is 9.27. The van der Waals surface area contributed by atoms with E-state index in [1.54, 1.807) is 28.0 Å². The van der Waals surface area contributed by atoms with Crippen molar-refractivity contribution in [1.82, 2.24) is 19.8 Å². The van der Waals surface area contributed by atoms with Gasteiger partial charge >= 0.3 is 0 Å². The molecule has 0 radical (unpaired) electrons. The Morgan fingerprint density at radius 2 is 1.89 bits per heavy atom. The molecule has 0 unspecified atom stereocenters. The largest absolute Gasteiger partial charge is 0.456 e. The highest BCUT2D eigenvalue weighted by Crippen LogP contribution is 2.26. The topological polar surface area (TPSA) is 131 Å². The van der Waals surface area contributed by atoms with Gasteiger partial charge in [0.2, 0.25) is 0 Å². The highest BCUT2D eigenvalue weighted by Gasteiger charge is 2.38. The Balaban J connectivity index is 1.36. The summed E-state index contributed by atoms with van der Waals surface area (Å²) in [7, 11) is 0. The number of hydrogen-bond acceptors (Lipinski definition) is 7. The van der Waals surface area contributed by atoms with Gasteiger partial charge in [0.05, 0.1) is 23.0 Å². The molecule has 1 saturated heterocycles. The fourth-order valence-corrected chi connectivity index (χ4v) is 4.09. The van der Waals surface area contributed by atoms with Crippen LogP contribution in [-0.2, 0) is 4.79 Å². The Morgan fingerprint density at radius 3 is 2.53 bits per heavy atom. The number of carbonyl (C=O) groups excluding carboxylic acids is 2. The van der Waals surface area contributed by atoms with Crippen LogP contribution in [0.4, 0.5) is 10.2 Å². The lowest BCUT2D eigenvalue weighted by Gasteiger charge is -2.48. The molecule has 194 valence electrons. The Morgan fingerprint density at radius 1 is 1.18 bits per heavy atom. The standard InChI is InChI=1S/C27H25FN6O4/c1-17(24(35)32-23-9-8-22(15-30-23)38-21-6-4-20(28)5-7-21)33-10-11-34(27(2,3)16-33)26(37)19-12-18(13-29)25(36)31-14-19/h4-9,12,14-15H,1,10-11,16H2,2-3H3,(H,31,36)(H,30,32,35). The number of benzene rings is 1. The summed E-state index contributed by atoms with van der Waals surface area (Å²) in [6.07, 6.45) is 2.73. The van der Waals surface area contributed by atoms with Crippen LogP contribution in [0.15, 0.2) is 71.9 Å². The van der Waals surface area contributed by atoms with Crippen molar-refractivity contribution in [3.8, 4) is 17.6 Å². The normalized spacial score (nSPS) is 14.4. The molecule has 10 nitrogen and oxygen atoms in total. The molecule has 0 spiro atoms. The SMILES string of the molecule is C=C(C(=O)Nc1ccc(Oc2ccc(F)cc2)cn1)N1CCN(C(=O)c2c[nH]c(=O)c(C#N)c2)C(C)(C)C1. The molecule has 4 rings (SSSR count). The number of halogens is 1. The van der Waals surface area contributed by atoms with Gasteiger partial charge in [0.25, 0.3) is 17.4 Å². The third-order valence-corrected chi connectivity index (χ3v) is 6.09. The maximum absolute atomic E-state index is 13.1. The molecule has 1 aliphatic rings. The van der Waals surface area contributed by atoms with Gasteiger partial charge in [-0.3, -0.25) is 14.4 Å². The predicted molar refractivity (Wildman–Crippen MR) is 137 cm³/mol. The number of carbonyl (C=O) groups is 2. The number of rotatable bonds is 6. The molecule has 0 aliphatic carbocycles. The van der Waals surface area contributed by atoms with Gasteiger partial charge in [0.1, 0.15) is 34.8 Å². The van der Waals surface area contributed by atoms with Crippen LogP contribution in [0.25, 0.3) is 0 Å². The van der Waals surface area contributed by atoms with E-state index < -0.39 is 17.0 Å². The summed E-state index contributed by atoms with van der Waals surface area (Å²) < 4.78 is 18.7. The lowest BCUT2D eigenvalue weighted by atomic mass is 9.97. The van der Waals surface area contributed by atoms with Crippen LogP contribution < -0.4 is 15.6 Å². The smallest absolute Gasteiger partial charge is 0.272 e. The summed E-state index contributed by atoms with van der Waals surface area (Å²) in [5.74, 6) is 0.0179. The van der Waals surface area contributed by atoms with Crippen LogP contribution in [0, 0.1) is 17.1 Å². The molecule has 11 heteroatoms. The van der Waals surface area contributed by atoms with E-state index in [1.165, 1.54) is 42.7 Å². The van der Waals surface area contributed by atoms with Gasteiger partial charge in [0, 0.05) is 25.8 Å². The Kier molecular flexibility index (Phi) is 7.25. The number of pyridine rings is 2. The first kappa shape index (κ1) is 26.1. The summed E-state index contributed by atoms with van der Waals surface area (Å²) >= 11 is 0. The quantitative estimate of drug-likeness (QED) is 0.481. The van der Waals surface area contributed by atoms with Gasteiger partial charge in [-0.15, -0.1) is 0 Å². The van der Waals surface area contributed by atoms with Gasteiger partial charge in [-0.2, -0.15) is 5.26 Å². The molecule has 1 aromatic carbocycles. The molecule has 38 heavy (non-hydrogen) atoms. The molecule has 2 amide bonds. The van der Waals surface area contributed by atoms with Crippen LogP contribution in [0.3, 0.4) is 0 Å². The highest BCUT2D eigenvalue weighted by atomic mass is 19.1. The second kappa shape index (κ2) is 10.6. The zero-order valence-corrected chi connectivity index (χ0v) is 20.8. The fourth-order valence-electron chi connectivity index (χ4n) is 4.09. The lowest BCUT2D eigenvalue weighted by Crippen LogP contribution is -2.61. The van der Waals surface area contributed by atoms with Crippen molar-refractivity contribution in [2.24, 2.45) is 0 Å². The third-order valence-electron chi connectivity index (χ3n) is 6.09. The number of aromatic nitrogens is 2. The van der Waals surface area contributed by atoms with Crippen molar-refractivity contribution in [2.45, 2.75) is 19.4 Å². The maximum Gasteiger partial charge on any atom is 0.272 e. The average Bonchev–Trinajstić information content (AvgIpc) is 2.90. The summed E-state index contributed by atoms with van der Waals surface area (Å²) in [5.41, 5.74) is -0.952. The number of nitriles is 1. The van der Waals surface area contributed by atoms with E-state index in [4.69, 9.17) is 10.00 Å². The minimum atomic E-state index is -0.681. The number of H-pyrrole nitrogens is 1. The molecular formula is C27H25FN6O4. The first-order chi connectivity index (χ1) is 18.1. The Bertz CT molecular complexity index is 1480. The highest BCUT2D eigenvalue weighted by molar-refractivity contribution is 6.02. The molecule has 1 fully saturated rings. The van der Waals surface area contributed by atoms with E-state index in [0.717, 1.165) is 0 Å². The van der Waals surface area contributed by atoms with Crippen LogP contribution in [-0.4, -0.2) is 56.8 Å². The van der Waals surface area contributed by atoms with Gasteiger partial charge in [0.15, 0.2) is 0 Å². The first-order valence-electron chi connectivity index (χ1n) is 11.7. The first-order valence-corrected chi connectivity index (χ1v) is 11.7. The molecule has 0 atom stereocenters. The lowest BCUT2D eigenvalue weighted by molar-refractivity contribution is -0.114. The monoisotopic (exact) mass is 516 g/mol. The van der Waals surface area contributed by atoms with Crippen molar-refractivity contribution in [3.05, 3.63) is 94.4 Å². The average molecular weight is 517 g/mol. The second-order valence-electron chi connectivity index (χ2n) is 9.27. The predicted octanol–water partition coefficient (Wildman–Crippen LogP) is 3.26. The van der Waals surface area contributed by atoms with Gasteiger partial charge in [-0.25, -0.2) is 9.37 Å². The molecule has 2 N–H and O–H groups in total. The number of hydrogen-bond donors (Lipinski definition) is 2. The van der Waals surface area contributed by atoms with Gasteiger partial charge < -0.3 is 24.8 Å². The van der Waals surface area contributed by atoms with Gasteiger partial charge in [-0.05, 0) is 56.3 Å². The molecule has 0 saturated carbocycles. The van der Waals surface area contributed by atoms with Crippen LogP contribution >= 0.6 is 0 Å². The Labute approximate surface area is 218 Å². The number of nitrogens with one attached hydrogen (secondary N) is 2. The van der Waals surface area contributed by atoms with Crippen molar-refractivity contribution >= 4 is 17.6 Å². The van der Waals surface area contributed by atoms with Crippen molar-refractivity contribution in [1.29, 1.82) is 5.26 Å². The van der Waals surface area contributed by atoms with Crippen molar-refractivity contribution in [2.75, 3.05) is 25.0 Å². The van der Waals surface area contributed by atoms with Crippen molar-refractivity contribution in [3.63, 3.8) is 0 Å². The maximum atomic E-state index is 13.1. The molecule has 1 aliphatic heterocycles. The van der Waals surface area contributed by atoms with Gasteiger partial charge in [-0.1, -0.05) is 6.58 Å². The third kappa shape index (κ3) is 5.70.